The van der Waals surface area contributed by atoms with Gasteiger partial charge in [-0.05, 0) is 41.8 Å². The van der Waals surface area contributed by atoms with Crippen LogP contribution in [0.5, 0.6) is 5.75 Å². The second-order valence-corrected chi connectivity index (χ2v) is 5.88. The van der Waals surface area contributed by atoms with Crippen LogP contribution in [0.1, 0.15) is 25.0 Å². The number of rotatable bonds is 1. The first kappa shape index (κ1) is 11.8. The maximum Gasteiger partial charge on any atom is 0.130 e. The lowest BCUT2D eigenvalue weighted by molar-refractivity contribution is 0.227. The van der Waals surface area contributed by atoms with Crippen molar-refractivity contribution in [2.24, 2.45) is 0 Å². The molecule has 100 valence electrons. The minimum atomic E-state index is -0.0468. The largest absolute Gasteiger partial charge is 0.484 e. The molecule has 0 radical (unpaired) electrons. The van der Waals surface area contributed by atoms with Gasteiger partial charge in [0.1, 0.15) is 11.9 Å². The van der Waals surface area contributed by atoms with Gasteiger partial charge in [0, 0.05) is 5.56 Å². The Labute approximate surface area is 119 Å². The van der Waals surface area contributed by atoms with E-state index in [1.807, 2.05) is 0 Å². The second kappa shape index (κ2) is 3.99. The quantitative estimate of drug-likeness (QED) is 0.732. The molecule has 0 fully saturated rings. The van der Waals surface area contributed by atoms with E-state index in [0.29, 0.717) is 0 Å². The molecule has 2 atom stereocenters. The highest BCUT2D eigenvalue weighted by Gasteiger charge is 2.45. The number of benzene rings is 2. The van der Waals surface area contributed by atoms with Crippen LogP contribution < -0.4 is 4.74 Å². The van der Waals surface area contributed by atoms with Crippen LogP contribution in [0.2, 0.25) is 0 Å². The van der Waals surface area contributed by atoms with Crippen molar-refractivity contribution in [3.63, 3.8) is 0 Å². The van der Waals surface area contributed by atoms with Crippen LogP contribution in [-0.4, -0.2) is 6.10 Å². The fourth-order valence-corrected chi connectivity index (χ4v) is 3.55. The Balaban J connectivity index is 2.12. The third-order valence-corrected chi connectivity index (χ3v) is 4.67. The lowest BCUT2D eigenvalue weighted by Crippen LogP contribution is -2.33. The van der Waals surface area contributed by atoms with Gasteiger partial charge in [-0.15, -0.1) is 0 Å². The van der Waals surface area contributed by atoms with Crippen molar-refractivity contribution < 1.29 is 4.74 Å². The lowest BCUT2D eigenvalue weighted by atomic mass is 9.74. The molecule has 1 heteroatoms. The molecule has 2 aliphatic rings. The second-order valence-electron chi connectivity index (χ2n) is 5.88. The Morgan fingerprint density at radius 1 is 1.20 bits per heavy atom. The predicted octanol–water partition coefficient (Wildman–Crippen LogP) is 4.55. The molecule has 0 N–H and O–H groups in total. The highest BCUT2D eigenvalue weighted by Crippen LogP contribution is 2.50. The van der Waals surface area contributed by atoms with Gasteiger partial charge in [0.05, 0.1) is 5.41 Å². The summed E-state index contributed by atoms with van der Waals surface area (Å²) in [5.74, 6) is 1.11. The zero-order valence-corrected chi connectivity index (χ0v) is 11.9. The number of fused-ring (bicyclic) bond motifs is 5. The van der Waals surface area contributed by atoms with Gasteiger partial charge in [0.25, 0.3) is 0 Å². The molecule has 0 saturated carbocycles. The van der Waals surface area contributed by atoms with Gasteiger partial charge in [0.2, 0.25) is 0 Å². The van der Waals surface area contributed by atoms with Crippen molar-refractivity contribution >= 4 is 10.8 Å². The monoisotopic (exact) mass is 262 g/mol. The van der Waals surface area contributed by atoms with E-state index in [2.05, 4.69) is 68.5 Å². The van der Waals surface area contributed by atoms with Crippen LogP contribution in [-0.2, 0) is 11.8 Å². The predicted molar refractivity (Wildman–Crippen MR) is 83.4 cm³/mol. The van der Waals surface area contributed by atoms with E-state index < -0.39 is 0 Å². The molecule has 20 heavy (non-hydrogen) atoms. The maximum absolute atomic E-state index is 6.31. The molecule has 0 spiro atoms. The van der Waals surface area contributed by atoms with Gasteiger partial charge >= 0.3 is 0 Å². The number of ether oxygens (including phenoxy) is 1. The lowest BCUT2D eigenvalue weighted by Gasteiger charge is -2.27. The van der Waals surface area contributed by atoms with Crippen molar-refractivity contribution in [1.82, 2.24) is 0 Å². The van der Waals surface area contributed by atoms with E-state index in [4.69, 9.17) is 4.74 Å². The summed E-state index contributed by atoms with van der Waals surface area (Å²) in [7, 11) is 0. The van der Waals surface area contributed by atoms with Crippen LogP contribution >= 0.6 is 0 Å². The number of hydrogen-bond donors (Lipinski definition) is 0. The van der Waals surface area contributed by atoms with E-state index in [0.717, 1.165) is 12.2 Å². The molecule has 2 aromatic rings. The van der Waals surface area contributed by atoms with E-state index in [9.17, 15) is 0 Å². The molecule has 1 heterocycles. The molecular weight excluding hydrogens is 244 g/mol. The van der Waals surface area contributed by atoms with Crippen molar-refractivity contribution in [2.45, 2.75) is 31.8 Å². The van der Waals surface area contributed by atoms with E-state index >= 15 is 0 Å². The van der Waals surface area contributed by atoms with Gasteiger partial charge in [-0.1, -0.05) is 49.4 Å². The highest BCUT2D eigenvalue weighted by atomic mass is 16.5. The SMILES string of the molecule is CCc1cc2ccccc2c2c1OC1C=CC=CC21C. The molecular formula is C19H18O. The first-order valence-corrected chi connectivity index (χ1v) is 7.32. The summed E-state index contributed by atoms with van der Waals surface area (Å²) in [6, 6.07) is 10.9. The third-order valence-electron chi connectivity index (χ3n) is 4.67. The van der Waals surface area contributed by atoms with Crippen LogP contribution in [0, 0.1) is 0 Å². The van der Waals surface area contributed by atoms with Gasteiger partial charge in [-0.3, -0.25) is 0 Å². The molecule has 1 aliphatic heterocycles. The summed E-state index contributed by atoms with van der Waals surface area (Å²) in [4.78, 5) is 0. The smallest absolute Gasteiger partial charge is 0.130 e. The van der Waals surface area contributed by atoms with Gasteiger partial charge in [0.15, 0.2) is 0 Å². The molecule has 0 bridgehead atoms. The zero-order valence-electron chi connectivity index (χ0n) is 11.9. The molecule has 0 amide bonds. The highest BCUT2D eigenvalue weighted by molar-refractivity contribution is 5.91. The molecule has 4 rings (SSSR count). The standard InChI is InChI=1S/C19H18O/c1-3-13-12-14-8-4-5-9-15(14)17-18(13)20-16-10-6-7-11-19(16,17)2/h4-12,16H,3H2,1-2H3. The van der Waals surface area contributed by atoms with Crippen LogP contribution in [0.25, 0.3) is 10.8 Å². The first-order valence-electron chi connectivity index (χ1n) is 7.32. The topological polar surface area (TPSA) is 9.23 Å². The van der Waals surface area contributed by atoms with E-state index in [-0.39, 0.29) is 11.5 Å². The molecule has 0 aromatic heterocycles. The average Bonchev–Trinajstić information content (AvgIpc) is 2.80. The summed E-state index contributed by atoms with van der Waals surface area (Å²) in [6.07, 6.45) is 9.82. The fraction of sp³-hybridized carbons (Fsp3) is 0.263. The Hall–Kier alpha value is -2.02. The molecule has 1 nitrogen and oxygen atoms in total. The Morgan fingerprint density at radius 3 is 2.90 bits per heavy atom. The Bertz CT molecular complexity index is 754. The number of hydrogen-bond acceptors (Lipinski definition) is 1. The van der Waals surface area contributed by atoms with Crippen molar-refractivity contribution in [3.05, 3.63) is 65.8 Å². The summed E-state index contributed by atoms with van der Waals surface area (Å²) >= 11 is 0. The third kappa shape index (κ3) is 1.38. The van der Waals surface area contributed by atoms with Gasteiger partial charge in [-0.25, -0.2) is 0 Å². The first-order chi connectivity index (χ1) is 9.74. The molecule has 2 unspecified atom stereocenters. The minimum absolute atomic E-state index is 0.0468. The van der Waals surface area contributed by atoms with Crippen LogP contribution in [0.4, 0.5) is 0 Å². The maximum atomic E-state index is 6.31. The summed E-state index contributed by atoms with van der Waals surface area (Å²) in [5.41, 5.74) is 2.63. The molecule has 0 saturated heterocycles. The fourth-order valence-electron chi connectivity index (χ4n) is 3.55. The number of aryl methyl sites for hydroxylation is 1. The zero-order chi connectivity index (χ0) is 13.7. The summed E-state index contributed by atoms with van der Waals surface area (Å²) in [5, 5.41) is 2.64. The number of allylic oxidation sites excluding steroid dienone is 2. The van der Waals surface area contributed by atoms with Crippen molar-refractivity contribution in [3.8, 4) is 5.75 Å². The average molecular weight is 262 g/mol. The van der Waals surface area contributed by atoms with E-state index in [1.54, 1.807) is 0 Å². The van der Waals surface area contributed by atoms with Crippen molar-refractivity contribution in [2.75, 3.05) is 0 Å². The normalized spacial score (nSPS) is 26.4. The summed E-state index contributed by atoms with van der Waals surface area (Å²) in [6.45, 7) is 4.49. The van der Waals surface area contributed by atoms with Crippen LogP contribution in [0.15, 0.2) is 54.6 Å². The van der Waals surface area contributed by atoms with Crippen molar-refractivity contribution in [1.29, 1.82) is 0 Å². The minimum Gasteiger partial charge on any atom is -0.484 e. The summed E-state index contributed by atoms with van der Waals surface area (Å²) < 4.78 is 6.31. The van der Waals surface area contributed by atoms with Gasteiger partial charge in [-0.2, -0.15) is 0 Å². The Morgan fingerprint density at radius 2 is 2.05 bits per heavy atom. The molecule has 2 aromatic carbocycles. The van der Waals surface area contributed by atoms with Gasteiger partial charge < -0.3 is 4.74 Å². The van der Waals surface area contributed by atoms with Crippen LogP contribution in [0.3, 0.4) is 0 Å². The van der Waals surface area contributed by atoms with E-state index in [1.165, 1.54) is 21.9 Å². The Kier molecular flexibility index (Phi) is 2.35. The molecule has 1 aliphatic carbocycles.